The van der Waals surface area contributed by atoms with Crippen molar-refractivity contribution < 1.29 is 13.2 Å². The van der Waals surface area contributed by atoms with E-state index in [9.17, 15) is 8.42 Å². The molecule has 2 aromatic carbocycles. The highest BCUT2D eigenvalue weighted by Crippen LogP contribution is 2.18. The predicted octanol–water partition coefficient (Wildman–Crippen LogP) is 4.12. The molecule has 0 aliphatic carbocycles. The molecule has 142 valence electrons. The molecule has 0 aliphatic rings. The molecule has 0 aromatic heterocycles. The van der Waals surface area contributed by atoms with Crippen LogP contribution in [0, 0.1) is 0 Å². The van der Waals surface area contributed by atoms with Gasteiger partial charge in [-0.15, -0.1) is 0 Å². The first kappa shape index (κ1) is 20.7. The Morgan fingerprint density at radius 1 is 1.12 bits per heavy atom. The van der Waals surface area contributed by atoms with E-state index in [1.807, 2.05) is 18.2 Å². The Morgan fingerprint density at radius 2 is 1.81 bits per heavy atom. The average Bonchev–Trinajstić information content (AvgIpc) is 2.53. The molecule has 0 saturated carbocycles. The van der Waals surface area contributed by atoms with Crippen LogP contribution in [0.5, 0.6) is 5.75 Å². The lowest BCUT2D eigenvalue weighted by molar-refractivity contribution is 0.293. The Bertz CT molecular complexity index is 817. The lowest BCUT2D eigenvalue weighted by atomic mass is 9.95. The van der Waals surface area contributed by atoms with Crippen LogP contribution in [0.4, 0.5) is 0 Å². The van der Waals surface area contributed by atoms with Crippen LogP contribution in [0.15, 0.2) is 53.4 Å². The second-order valence-electron chi connectivity index (χ2n) is 7.06. The summed E-state index contributed by atoms with van der Waals surface area (Å²) in [7, 11) is -3.17. The Hall–Kier alpha value is -1.56. The molecular formula is C20H26ClNO3S. The summed E-state index contributed by atoms with van der Waals surface area (Å²) < 4.78 is 28.5. The number of hydrogen-bond acceptors (Lipinski definition) is 4. The largest absolute Gasteiger partial charge is 0.494 e. The van der Waals surface area contributed by atoms with Gasteiger partial charge in [-0.25, -0.2) is 8.42 Å². The highest BCUT2D eigenvalue weighted by Gasteiger charge is 2.17. The fraction of sp³-hybridized carbons (Fsp3) is 0.400. The fourth-order valence-electron chi connectivity index (χ4n) is 2.69. The number of rotatable bonds is 9. The van der Waals surface area contributed by atoms with Gasteiger partial charge in [0.2, 0.25) is 0 Å². The van der Waals surface area contributed by atoms with Crippen molar-refractivity contribution >= 4 is 21.4 Å². The molecule has 0 heterocycles. The number of hydrogen-bond donors (Lipinski definition) is 1. The maximum absolute atomic E-state index is 11.4. The van der Waals surface area contributed by atoms with E-state index in [0.29, 0.717) is 17.3 Å². The van der Waals surface area contributed by atoms with Crippen LogP contribution >= 0.6 is 11.6 Å². The van der Waals surface area contributed by atoms with Crippen molar-refractivity contribution in [2.45, 2.75) is 37.1 Å². The summed E-state index contributed by atoms with van der Waals surface area (Å²) in [5, 5.41) is 4.30. The van der Waals surface area contributed by atoms with Crippen LogP contribution in [0.25, 0.3) is 0 Å². The monoisotopic (exact) mass is 395 g/mol. The predicted molar refractivity (Wildman–Crippen MR) is 107 cm³/mol. The van der Waals surface area contributed by atoms with E-state index in [1.165, 1.54) is 11.8 Å². The van der Waals surface area contributed by atoms with Gasteiger partial charge in [-0.2, -0.15) is 0 Å². The molecule has 0 saturated heterocycles. The van der Waals surface area contributed by atoms with Crippen molar-refractivity contribution in [1.82, 2.24) is 5.32 Å². The SMILES string of the molecule is CC(C)(Cc1cccc(Cl)c1)NCCCOc1ccc(S(C)(=O)=O)cc1. The van der Waals surface area contributed by atoms with E-state index in [2.05, 4.69) is 25.2 Å². The smallest absolute Gasteiger partial charge is 0.175 e. The van der Waals surface area contributed by atoms with E-state index in [1.54, 1.807) is 24.3 Å². The Balaban J connectivity index is 1.72. The van der Waals surface area contributed by atoms with Crippen molar-refractivity contribution in [3.05, 3.63) is 59.1 Å². The van der Waals surface area contributed by atoms with Crippen LogP contribution in [-0.4, -0.2) is 33.4 Å². The first-order valence-electron chi connectivity index (χ1n) is 8.58. The first-order valence-corrected chi connectivity index (χ1v) is 10.9. The standard InChI is InChI=1S/C20H26ClNO3S/c1-20(2,15-16-6-4-7-17(21)14-16)22-12-5-13-25-18-8-10-19(11-9-18)26(3,23)24/h4,6-11,14,22H,5,12-13,15H2,1-3H3. The Kier molecular flexibility index (Phi) is 7.09. The summed E-state index contributed by atoms with van der Waals surface area (Å²) in [6.45, 7) is 5.73. The Labute approximate surface area is 161 Å². The molecule has 26 heavy (non-hydrogen) atoms. The van der Waals surface area contributed by atoms with Gasteiger partial charge in [0, 0.05) is 16.8 Å². The quantitative estimate of drug-likeness (QED) is 0.649. The van der Waals surface area contributed by atoms with Crippen LogP contribution in [0.1, 0.15) is 25.8 Å². The van der Waals surface area contributed by atoms with Crippen molar-refractivity contribution in [2.24, 2.45) is 0 Å². The number of sulfone groups is 1. The summed E-state index contributed by atoms with van der Waals surface area (Å²) in [6, 6.07) is 14.4. The van der Waals surface area contributed by atoms with Crippen molar-refractivity contribution in [2.75, 3.05) is 19.4 Å². The molecule has 0 radical (unpaired) electrons. The number of ether oxygens (including phenoxy) is 1. The molecule has 0 bridgehead atoms. The highest BCUT2D eigenvalue weighted by molar-refractivity contribution is 7.90. The number of halogens is 1. The highest BCUT2D eigenvalue weighted by atomic mass is 35.5. The summed E-state index contributed by atoms with van der Waals surface area (Å²) in [5.74, 6) is 0.676. The Morgan fingerprint density at radius 3 is 2.42 bits per heavy atom. The van der Waals surface area contributed by atoms with Crippen molar-refractivity contribution in [3.8, 4) is 5.75 Å². The summed E-state index contributed by atoms with van der Waals surface area (Å²) in [5.41, 5.74) is 1.17. The molecule has 1 N–H and O–H groups in total. The second kappa shape index (κ2) is 8.89. The third-order valence-corrected chi connectivity index (χ3v) is 5.34. The lowest BCUT2D eigenvalue weighted by Crippen LogP contribution is -2.42. The normalized spacial score (nSPS) is 12.2. The van der Waals surface area contributed by atoms with Gasteiger partial charge in [0.1, 0.15) is 5.75 Å². The van der Waals surface area contributed by atoms with Gasteiger partial charge in [-0.05, 0) is 75.2 Å². The van der Waals surface area contributed by atoms with Crippen LogP contribution in [0.2, 0.25) is 5.02 Å². The van der Waals surface area contributed by atoms with E-state index < -0.39 is 9.84 Å². The molecule has 0 aliphatic heterocycles. The molecule has 0 unspecified atom stereocenters. The zero-order valence-electron chi connectivity index (χ0n) is 15.5. The maximum atomic E-state index is 11.4. The zero-order valence-corrected chi connectivity index (χ0v) is 17.0. The third kappa shape index (κ3) is 6.98. The molecule has 0 atom stereocenters. The third-order valence-electron chi connectivity index (χ3n) is 3.98. The van der Waals surface area contributed by atoms with Crippen LogP contribution in [-0.2, 0) is 16.3 Å². The van der Waals surface area contributed by atoms with Gasteiger partial charge in [-0.1, -0.05) is 23.7 Å². The van der Waals surface area contributed by atoms with Crippen LogP contribution < -0.4 is 10.1 Å². The molecule has 2 aromatic rings. The minimum absolute atomic E-state index is 0.0399. The summed E-state index contributed by atoms with van der Waals surface area (Å²) in [6.07, 6.45) is 2.94. The van der Waals surface area contributed by atoms with Gasteiger partial charge in [0.25, 0.3) is 0 Å². The van der Waals surface area contributed by atoms with E-state index in [0.717, 1.165) is 24.4 Å². The molecule has 0 fully saturated rings. The molecule has 0 spiro atoms. The van der Waals surface area contributed by atoms with Gasteiger partial charge in [0.05, 0.1) is 11.5 Å². The maximum Gasteiger partial charge on any atom is 0.175 e. The van der Waals surface area contributed by atoms with E-state index in [-0.39, 0.29) is 5.54 Å². The van der Waals surface area contributed by atoms with Crippen LogP contribution in [0.3, 0.4) is 0 Å². The van der Waals surface area contributed by atoms with Gasteiger partial charge >= 0.3 is 0 Å². The zero-order chi connectivity index (χ0) is 19.2. The fourth-order valence-corrected chi connectivity index (χ4v) is 3.54. The molecule has 2 rings (SSSR count). The minimum atomic E-state index is -3.17. The number of nitrogens with one attached hydrogen (secondary N) is 1. The van der Waals surface area contributed by atoms with Gasteiger partial charge in [0.15, 0.2) is 9.84 Å². The van der Waals surface area contributed by atoms with Crippen molar-refractivity contribution in [1.29, 1.82) is 0 Å². The molecule has 6 heteroatoms. The first-order chi connectivity index (χ1) is 12.2. The van der Waals surface area contributed by atoms with Crippen molar-refractivity contribution in [3.63, 3.8) is 0 Å². The lowest BCUT2D eigenvalue weighted by Gasteiger charge is -2.26. The van der Waals surface area contributed by atoms with Gasteiger partial charge < -0.3 is 10.1 Å². The summed E-state index contributed by atoms with van der Waals surface area (Å²) in [4.78, 5) is 0.300. The molecule has 0 amide bonds. The number of benzene rings is 2. The molecule has 4 nitrogen and oxygen atoms in total. The minimum Gasteiger partial charge on any atom is -0.494 e. The second-order valence-corrected chi connectivity index (χ2v) is 9.52. The van der Waals surface area contributed by atoms with Gasteiger partial charge in [-0.3, -0.25) is 0 Å². The molecular weight excluding hydrogens is 370 g/mol. The van der Waals surface area contributed by atoms with E-state index >= 15 is 0 Å². The summed E-state index contributed by atoms with van der Waals surface area (Å²) >= 11 is 6.04. The average molecular weight is 396 g/mol. The topological polar surface area (TPSA) is 55.4 Å². The van der Waals surface area contributed by atoms with E-state index in [4.69, 9.17) is 16.3 Å².